The molecular weight excluding hydrogens is 228 g/mol. The number of aryl methyl sites for hydroxylation is 1. The lowest BCUT2D eigenvalue weighted by Crippen LogP contribution is -2.19. The van der Waals surface area contributed by atoms with E-state index >= 15 is 0 Å². The Labute approximate surface area is 106 Å². The Hall–Kier alpha value is -2.07. The van der Waals surface area contributed by atoms with Gasteiger partial charge in [0.1, 0.15) is 6.54 Å². The van der Waals surface area contributed by atoms with E-state index in [4.69, 9.17) is 5.11 Å². The van der Waals surface area contributed by atoms with E-state index in [1.165, 1.54) is 0 Å². The second-order valence-corrected chi connectivity index (χ2v) is 4.20. The first kappa shape index (κ1) is 12.4. The molecule has 2 aromatic rings. The van der Waals surface area contributed by atoms with Gasteiger partial charge in [-0.2, -0.15) is 0 Å². The van der Waals surface area contributed by atoms with Crippen LogP contribution in [0.1, 0.15) is 11.3 Å². The fraction of sp³-hybridized carbons (Fsp3) is 0.214. The number of benzene rings is 1. The minimum absolute atomic E-state index is 0.0648. The summed E-state index contributed by atoms with van der Waals surface area (Å²) in [6.45, 7) is 2.12. The number of aromatic nitrogens is 1. The van der Waals surface area contributed by atoms with E-state index in [0.717, 1.165) is 16.9 Å². The van der Waals surface area contributed by atoms with Crippen molar-refractivity contribution in [3.8, 4) is 0 Å². The van der Waals surface area contributed by atoms with E-state index in [0.29, 0.717) is 0 Å². The van der Waals surface area contributed by atoms with Crippen LogP contribution in [0.2, 0.25) is 0 Å². The number of aliphatic hydroxyl groups is 1. The molecule has 2 rings (SSSR count). The first-order valence-corrected chi connectivity index (χ1v) is 5.80. The quantitative estimate of drug-likeness (QED) is 0.863. The van der Waals surface area contributed by atoms with Crippen molar-refractivity contribution < 1.29 is 9.90 Å². The molecule has 0 saturated carbocycles. The third-order valence-corrected chi connectivity index (χ3v) is 2.70. The van der Waals surface area contributed by atoms with Crippen LogP contribution in [0.4, 0.5) is 5.69 Å². The van der Waals surface area contributed by atoms with Crippen LogP contribution in [0, 0.1) is 6.92 Å². The highest BCUT2D eigenvalue weighted by atomic mass is 16.3. The number of carbonyl (C=O) groups excluding carboxylic acids is 1. The normalized spacial score (nSPS) is 10.3. The molecule has 0 aliphatic carbocycles. The molecule has 0 saturated heterocycles. The molecule has 1 aromatic carbocycles. The summed E-state index contributed by atoms with van der Waals surface area (Å²) >= 11 is 0. The van der Waals surface area contributed by atoms with Crippen LogP contribution in [-0.4, -0.2) is 15.6 Å². The first-order chi connectivity index (χ1) is 8.69. The molecular formula is C14H16N2O2. The zero-order valence-corrected chi connectivity index (χ0v) is 10.3. The second-order valence-electron chi connectivity index (χ2n) is 4.20. The minimum Gasteiger partial charge on any atom is -0.390 e. The molecule has 1 amide bonds. The van der Waals surface area contributed by atoms with Gasteiger partial charge in [0.2, 0.25) is 5.91 Å². The summed E-state index contributed by atoms with van der Waals surface area (Å²) in [7, 11) is 0. The van der Waals surface area contributed by atoms with E-state index in [2.05, 4.69) is 5.32 Å². The van der Waals surface area contributed by atoms with Crippen LogP contribution in [0.25, 0.3) is 0 Å². The average molecular weight is 244 g/mol. The maximum absolute atomic E-state index is 11.8. The Bertz CT molecular complexity index is 546. The van der Waals surface area contributed by atoms with Gasteiger partial charge in [-0.3, -0.25) is 4.79 Å². The lowest BCUT2D eigenvalue weighted by molar-refractivity contribution is -0.116. The van der Waals surface area contributed by atoms with E-state index < -0.39 is 0 Å². The molecule has 0 aliphatic rings. The van der Waals surface area contributed by atoms with Gasteiger partial charge in [0.05, 0.1) is 6.61 Å². The van der Waals surface area contributed by atoms with Crippen molar-refractivity contribution in [2.24, 2.45) is 0 Å². The number of anilines is 1. The summed E-state index contributed by atoms with van der Waals surface area (Å²) in [4.78, 5) is 11.8. The lowest BCUT2D eigenvalue weighted by Gasteiger charge is -2.09. The summed E-state index contributed by atoms with van der Waals surface area (Å²) in [6.07, 6.45) is 1.78. The Morgan fingerprint density at radius 1 is 1.33 bits per heavy atom. The van der Waals surface area contributed by atoms with Crippen LogP contribution < -0.4 is 5.32 Å². The molecule has 0 spiro atoms. The highest BCUT2D eigenvalue weighted by molar-refractivity contribution is 5.90. The van der Waals surface area contributed by atoms with Gasteiger partial charge < -0.3 is 15.0 Å². The van der Waals surface area contributed by atoms with Crippen LogP contribution >= 0.6 is 0 Å². The number of nitrogens with one attached hydrogen (secondary N) is 1. The average Bonchev–Trinajstić information content (AvgIpc) is 2.76. The highest BCUT2D eigenvalue weighted by Gasteiger charge is 2.06. The second kappa shape index (κ2) is 5.51. The smallest absolute Gasteiger partial charge is 0.244 e. The summed E-state index contributed by atoms with van der Waals surface area (Å²) in [6, 6.07) is 11.3. The van der Waals surface area contributed by atoms with E-state index in [1.54, 1.807) is 16.8 Å². The van der Waals surface area contributed by atoms with Gasteiger partial charge in [0.15, 0.2) is 0 Å². The van der Waals surface area contributed by atoms with Crippen molar-refractivity contribution in [1.29, 1.82) is 0 Å². The van der Waals surface area contributed by atoms with Crippen LogP contribution in [-0.2, 0) is 17.9 Å². The predicted molar refractivity (Wildman–Crippen MR) is 70.2 cm³/mol. The van der Waals surface area contributed by atoms with Crippen molar-refractivity contribution in [3.63, 3.8) is 0 Å². The third kappa shape index (κ3) is 2.99. The molecule has 1 aromatic heterocycles. The summed E-state index contributed by atoms with van der Waals surface area (Å²) in [5.41, 5.74) is 2.62. The predicted octanol–water partition coefficient (Wildman–Crippen LogP) is 1.93. The zero-order chi connectivity index (χ0) is 13.0. The zero-order valence-electron chi connectivity index (χ0n) is 10.3. The Balaban J connectivity index is 2.01. The molecule has 0 atom stereocenters. The molecule has 0 unspecified atom stereocenters. The summed E-state index contributed by atoms with van der Waals surface area (Å²) < 4.78 is 1.73. The molecule has 1 heterocycles. The van der Waals surface area contributed by atoms with Gasteiger partial charge in [-0.1, -0.05) is 12.1 Å². The summed E-state index contributed by atoms with van der Waals surface area (Å²) in [5.74, 6) is -0.105. The molecule has 4 nitrogen and oxygen atoms in total. The van der Waals surface area contributed by atoms with Crippen molar-refractivity contribution in [2.75, 3.05) is 5.32 Å². The Morgan fingerprint density at radius 2 is 2.17 bits per heavy atom. The van der Waals surface area contributed by atoms with Crippen LogP contribution in [0.5, 0.6) is 0 Å². The lowest BCUT2D eigenvalue weighted by atomic mass is 10.2. The van der Waals surface area contributed by atoms with Crippen molar-refractivity contribution >= 4 is 11.6 Å². The standard InChI is InChI=1S/C14H16N2O2/c1-11-4-2-5-12(8-11)15-14(18)9-16-7-3-6-13(16)10-17/h2-8,17H,9-10H2,1H3,(H,15,18). The van der Waals surface area contributed by atoms with Gasteiger partial charge in [-0.25, -0.2) is 0 Å². The van der Waals surface area contributed by atoms with Crippen LogP contribution in [0.3, 0.4) is 0 Å². The van der Waals surface area contributed by atoms with E-state index in [9.17, 15) is 4.79 Å². The third-order valence-electron chi connectivity index (χ3n) is 2.70. The van der Waals surface area contributed by atoms with Crippen molar-refractivity contribution in [1.82, 2.24) is 4.57 Å². The monoisotopic (exact) mass is 244 g/mol. The number of aliphatic hydroxyl groups excluding tert-OH is 1. The highest BCUT2D eigenvalue weighted by Crippen LogP contribution is 2.10. The minimum atomic E-state index is -0.105. The maximum Gasteiger partial charge on any atom is 0.244 e. The molecule has 4 heteroatoms. The molecule has 94 valence electrons. The number of hydrogen-bond acceptors (Lipinski definition) is 2. The topological polar surface area (TPSA) is 54.3 Å². The van der Waals surface area contributed by atoms with Gasteiger partial charge >= 0.3 is 0 Å². The number of nitrogens with zero attached hydrogens (tertiary/aromatic N) is 1. The Morgan fingerprint density at radius 3 is 2.89 bits per heavy atom. The Kier molecular flexibility index (Phi) is 3.79. The molecule has 0 aliphatic heterocycles. The molecule has 0 fully saturated rings. The molecule has 0 bridgehead atoms. The van der Waals surface area contributed by atoms with Crippen molar-refractivity contribution in [3.05, 3.63) is 53.9 Å². The molecule has 18 heavy (non-hydrogen) atoms. The van der Waals surface area contributed by atoms with Crippen LogP contribution in [0.15, 0.2) is 42.6 Å². The number of amides is 1. The number of rotatable bonds is 4. The van der Waals surface area contributed by atoms with E-state index in [1.807, 2.05) is 37.3 Å². The maximum atomic E-state index is 11.8. The van der Waals surface area contributed by atoms with Gasteiger partial charge in [0.25, 0.3) is 0 Å². The van der Waals surface area contributed by atoms with E-state index in [-0.39, 0.29) is 19.1 Å². The first-order valence-electron chi connectivity index (χ1n) is 5.80. The number of carbonyl (C=O) groups is 1. The van der Waals surface area contributed by atoms with Gasteiger partial charge in [0, 0.05) is 17.6 Å². The van der Waals surface area contributed by atoms with Gasteiger partial charge in [-0.05, 0) is 36.8 Å². The number of hydrogen-bond donors (Lipinski definition) is 2. The summed E-state index contributed by atoms with van der Waals surface area (Å²) in [5, 5.41) is 11.9. The largest absolute Gasteiger partial charge is 0.390 e. The fourth-order valence-corrected chi connectivity index (χ4v) is 1.83. The molecule has 2 N–H and O–H groups in total. The van der Waals surface area contributed by atoms with Gasteiger partial charge in [-0.15, -0.1) is 0 Å². The SMILES string of the molecule is Cc1cccc(NC(=O)Cn2cccc2CO)c1. The molecule has 0 radical (unpaired) electrons. The van der Waals surface area contributed by atoms with Crippen molar-refractivity contribution in [2.45, 2.75) is 20.1 Å². The fourth-order valence-electron chi connectivity index (χ4n) is 1.83.